The first-order chi connectivity index (χ1) is 8.63. The Labute approximate surface area is 111 Å². The summed E-state index contributed by atoms with van der Waals surface area (Å²) in [5, 5.41) is 8.59. The van der Waals surface area contributed by atoms with Crippen molar-refractivity contribution in [3.05, 3.63) is 29.1 Å². The second-order valence-corrected chi connectivity index (χ2v) is 6.21. The van der Waals surface area contributed by atoms with Gasteiger partial charge in [0.05, 0.1) is 11.3 Å². The number of benzene rings is 1. The van der Waals surface area contributed by atoms with E-state index < -0.39 is 27.9 Å². The molecule has 19 heavy (non-hydrogen) atoms. The molecule has 0 aromatic heterocycles. The second-order valence-electron chi connectivity index (χ2n) is 4.49. The minimum atomic E-state index is -3.85. The lowest BCUT2D eigenvalue weighted by molar-refractivity contribution is -0.137. The molecule has 0 radical (unpaired) electrons. The van der Waals surface area contributed by atoms with Gasteiger partial charge in [-0.2, -0.15) is 0 Å². The third-order valence-corrected chi connectivity index (χ3v) is 4.13. The van der Waals surface area contributed by atoms with Crippen LogP contribution in [0.1, 0.15) is 24.5 Å². The van der Waals surface area contributed by atoms with Gasteiger partial charge >= 0.3 is 5.97 Å². The lowest BCUT2D eigenvalue weighted by Gasteiger charge is -2.13. The average molecular weight is 289 g/mol. The fourth-order valence-corrected chi connectivity index (χ4v) is 3.11. The third kappa shape index (κ3) is 4.00. The van der Waals surface area contributed by atoms with E-state index in [2.05, 4.69) is 4.72 Å². The Hall–Kier alpha value is -1.47. The Balaban J connectivity index is 3.04. The van der Waals surface area contributed by atoms with Crippen LogP contribution in [-0.4, -0.2) is 25.5 Å². The molecule has 1 aromatic carbocycles. The number of nitrogens with one attached hydrogen (secondary N) is 1. The van der Waals surface area contributed by atoms with Gasteiger partial charge in [0, 0.05) is 6.04 Å². The number of hydrogen-bond donors (Lipinski definition) is 2. The van der Waals surface area contributed by atoms with Gasteiger partial charge < -0.3 is 5.11 Å². The summed E-state index contributed by atoms with van der Waals surface area (Å²) in [4.78, 5) is 10.4. The van der Waals surface area contributed by atoms with Crippen LogP contribution in [0.5, 0.6) is 0 Å². The Kier molecular flexibility index (Phi) is 4.65. The van der Waals surface area contributed by atoms with Crippen molar-refractivity contribution in [2.75, 3.05) is 0 Å². The quantitative estimate of drug-likeness (QED) is 0.862. The van der Waals surface area contributed by atoms with E-state index in [1.165, 1.54) is 32.9 Å². The highest BCUT2D eigenvalue weighted by molar-refractivity contribution is 7.89. The highest BCUT2D eigenvalue weighted by atomic mass is 32.2. The van der Waals surface area contributed by atoms with Crippen molar-refractivity contribution >= 4 is 16.0 Å². The van der Waals surface area contributed by atoms with Gasteiger partial charge in [0.2, 0.25) is 10.0 Å². The maximum Gasteiger partial charge on any atom is 0.304 e. The minimum Gasteiger partial charge on any atom is -0.481 e. The van der Waals surface area contributed by atoms with Crippen molar-refractivity contribution in [3.63, 3.8) is 0 Å². The molecule has 0 aliphatic heterocycles. The maximum absolute atomic E-state index is 13.4. The minimum absolute atomic E-state index is 0.0684. The average Bonchev–Trinajstić information content (AvgIpc) is 2.22. The normalized spacial score (nSPS) is 13.3. The largest absolute Gasteiger partial charge is 0.481 e. The molecule has 0 aliphatic rings. The van der Waals surface area contributed by atoms with Crippen LogP contribution in [0.25, 0.3) is 0 Å². The monoisotopic (exact) mass is 289 g/mol. The van der Waals surface area contributed by atoms with Crippen LogP contribution in [0.15, 0.2) is 17.0 Å². The fraction of sp³-hybridized carbons (Fsp3) is 0.417. The molecule has 0 heterocycles. The Morgan fingerprint density at radius 3 is 2.26 bits per heavy atom. The molecule has 0 bridgehead atoms. The number of carboxylic acids is 1. The van der Waals surface area contributed by atoms with Gasteiger partial charge in [-0.05, 0) is 44.0 Å². The predicted molar refractivity (Wildman–Crippen MR) is 67.9 cm³/mol. The summed E-state index contributed by atoms with van der Waals surface area (Å²) in [5.74, 6) is -1.54. The van der Waals surface area contributed by atoms with E-state index in [0.717, 1.165) is 0 Å². The lowest BCUT2D eigenvalue weighted by atomic mass is 10.1. The van der Waals surface area contributed by atoms with E-state index in [1.54, 1.807) is 0 Å². The van der Waals surface area contributed by atoms with E-state index in [4.69, 9.17) is 5.11 Å². The first-order valence-corrected chi connectivity index (χ1v) is 7.12. The first kappa shape index (κ1) is 15.6. The van der Waals surface area contributed by atoms with Crippen LogP contribution in [0.4, 0.5) is 4.39 Å². The van der Waals surface area contributed by atoms with Gasteiger partial charge in [0.1, 0.15) is 5.82 Å². The number of halogens is 1. The fourth-order valence-electron chi connectivity index (χ4n) is 1.70. The zero-order valence-electron chi connectivity index (χ0n) is 10.9. The summed E-state index contributed by atoms with van der Waals surface area (Å²) in [6.45, 7) is 4.40. The molecule has 0 saturated carbocycles. The third-order valence-electron chi connectivity index (χ3n) is 2.56. The number of rotatable bonds is 5. The molecule has 2 N–H and O–H groups in total. The predicted octanol–water partition coefficient (Wildman–Crippen LogP) is 1.58. The second kappa shape index (κ2) is 5.66. The molecule has 0 fully saturated rings. The zero-order chi connectivity index (χ0) is 14.8. The number of sulfonamides is 1. The maximum atomic E-state index is 13.4. The molecule has 7 heteroatoms. The Bertz CT molecular complexity index is 575. The highest BCUT2D eigenvalue weighted by Gasteiger charge is 2.20. The Morgan fingerprint density at radius 1 is 1.37 bits per heavy atom. The van der Waals surface area contributed by atoms with Gasteiger partial charge in [0.25, 0.3) is 0 Å². The van der Waals surface area contributed by atoms with Gasteiger partial charge in [-0.1, -0.05) is 0 Å². The molecular weight excluding hydrogens is 273 g/mol. The molecule has 0 aliphatic carbocycles. The number of aliphatic carboxylic acids is 1. The van der Waals surface area contributed by atoms with Crippen LogP contribution in [0, 0.1) is 19.7 Å². The van der Waals surface area contributed by atoms with E-state index in [1.807, 2.05) is 0 Å². The molecule has 0 saturated heterocycles. The van der Waals surface area contributed by atoms with E-state index in [9.17, 15) is 17.6 Å². The standard InChI is InChI=1S/C12H16FNO4S/c1-7-4-10(5-8(2)12(7)13)19(17,18)14-9(3)6-11(15)16/h4-5,9,14H,6H2,1-3H3,(H,15,16)/t9-/m1/s1. The van der Waals surface area contributed by atoms with Crippen LogP contribution in [-0.2, 0) is 14.8 Å². The van der Waals surface area contributed by atoms with Crippen molar-refractivity contribution in [1.82, 2.24) is 4.72 Å². The zero-order valence-corrected chi connectivity index (χ0v) is 11.7. The molecule has 0 spiro atoms. The van der Waals surface area contributed by atoms with Crippen molar-refractivity contribution in [1.29, 1.82) is 0 Å². The first-order valence-electron chi connectivity index (χ1n) is 5.64. The number of carboxylic acid groups (broad SMARTS) is 1. The van der Waals surface area contributed by atoms with Gasteiger partial charge in [-0.3, -0.25) is 4.79 Å². The van der Waals surface area contributed by atoms with Crippen LogP contribution in [0.3, 0.4) is 0 Å². The summed E-state index contributed by atoms with van der Waals surface area (Å²) < 4.78 is 39.7. The van der Waals surface area contributed by atoms with E-state index in [0.29, 0.717) is 0 Å². The van der Waals surface area contributed by atoms with Crippen molar-refractivity contribution in [3.8, 4) is 0 Å². The van der Waals surface area contributed by atoms with E-state index >= 15 is 0 Å². The Morgan fingerprint density at radius 2 is 1.84 bits per heavy atom. The molecule has 106 valence electrons. The van der Waals surface area contributed by atoms with Gasteiger partial charge in [0.15, 0.2) is 0 Å². The van der Waals surface area contributed by atoms with Crippen molar-refractivity contribution < 1.29 is 22.7 Å². The lowest BCUT2D eigenvalue weighted by Crippen LogP contribution is -2.34. The summed E-state index contributed by atoms with van der Waals surface area (Å²) in [5.41, 5.74) is 0.456. The molecule has 1 aromatic rings. The van der Waals surface area contributed by atoms with Crippen molar-refractivity contribution in [2.45, 2.75) is 38.1 Å². The molecule has 1 rings (SSSR count). The summed E-state index contributed by atoms with van der Waals surface area (Å²) in [7, 11) is -3.85. The molecule has 1 atom stereocenters. The number of carbonyl (C=O) groups is 1. The van der Waals surface area contributed by atoms with Crippen LogP contribution in [0.2, 0.25) is 0 Å². The molecule has 0 unspecified atom stereocenters. The number of aryl methyl sites for hydroxylation is 2. The SMILES string of the molecule is Cc1cc(S(=O)(=O)N[C@H](C)CC(=O)O)cc(C)c1F. The van der Waals surface area contributed by atoms with Gasteiger partial charge in [-0.15, -0.1) is 0 Å². The summed E-state index contributed by atoms with van der Waals surface area (Å²) in [6.07, 6.45) is -0.321. The summed E-state index contributed by atoms with van der Waals surface area (Å²) >= 11 is 0. The van der Waals surface area contributed by atoms with E-state index in [-0.39, 0.29) is 22.4 Å². The topological polar surface area (TPSA) is 83.5 Å². The van der Waals surface area contributed by atoms with Crippen LogP contribution >= 0.6 is 0 Å². The summed E-state index contributed by atoms with van der Waals surface area (Å²) in [6, 6.07) is 1.70. The molecule has 5 nitrogen and oxygen atoms in total. The molecule has 0 amide bonds. The van der Waals surface area contributed by atoms with Crippen LogP contribution < -0.4 is 4.72 Å². The number of hydrogen-bond acceptors (Lipinski definition) is 3. The smallest absolute Gasteiger partial charge is 0.304 e. The van der Waals surface area contributed by atoms with Gasteiger partial charge in [-0.25, -0.2) is 17.5 Å². The molecular formula is C12H16FNO4S. The van der Waals surface area contributed by atoms with Crippen molar-refractivity contribution in [2.24, 2.45) is 0 Å². The highest BCUT2D eigenvalue weighted by Crippen LogP contribution is 2.18.